The van der Waals surface area contributed by atoms with Crippen LogP contribution < -0.4 is 0 Å². The number of aliphatic hydroxyl groups is 1. The van der Waals surface area contributed by atoms with Crippen molar-refractivity contribution in [1.82, 2.24) is 9.97 Å². The monoisotopic (exact) mass is 452 g/mol. The lowest BCUT2D eigenvalue weighted by molar-refractivity contribution is -0.0292. The van der Waals surface area contributed by atoms with Crippen molar-refractivity contribution in [3.05, 3.63) is 53.9 Å². The molecule has 0 saturated heterocycles. The number of nitrogens with zero attached hydrogens (tertiary/aromatic N) is 2. The molecule has 0 aliphatic rings. The molecule has 0 unspecified atom stereocenters. The first kappa shape index (κ1) is 27.6. The third-order valence-corrected chi connectivity index (χ3v) is 6.55. The van der Waals surface area contributed by atoms with Crippen LogP contribution in [0.1, 0.15) is 52.7 Å². The fraction of sp³-hybridized carbons (Fsp3) is 0.407. The molecule has 0 amide bonds. The molecular formula is C27H36N2O2S. The fourth-order valence-corrected chi connectivity index (χ4v) is 3.73. The summed E-state index contributed by atoms with van der Waals surface area (Å²) in [7, 11) is 0. The summed E-state index contributed by atoms with van der Waals surface area (Å²) in [6.45, 7) is 14.2. The predicted octanol–water partition coefficient (Wildman–Crippen LogP) is 6.84. The summed E-state index contributed by atoms with van der Waals surface area (Å²) in [4.78, 5) is 9.17. The van der Waals surface area contributed by atoms with Gasteiger partial charge in [-0.05, 0) is 43.8 Å². The molecule has 1 heterocycles. The number of aliphatic hydroxyl groups excluding tert-OH is 1. The molecule has 1 aromatic heterocycles. The van der Waals surface area contributed by atoms with Gasteiger partial charge in [-0.15, -0.1) is 12.8 Å². The Hall–Kier alpha value is -2.39. The molecule has 2 aromatic carbocycles. The van der Waals surface area contributed by atoms with Crippen molar-refractivity contribution in [2.24, 2.45) is 5.41 Å². The Morgan fingerprint density at radius 1 is 1.00 bits per heavy atom. The second-order valence-electron chi connectivity index (χ2n) is 8.16. The highest BCUT2D eigenvalue weighted by Gasteiger charge is 2.38. The van der Waals surface area contributed by atoms with Crippen LogP contribution in [0.2, 0.25) is 0 Å². The Balaban J connectivity index is 0.00000121. The minimum Gasteiger partial charge on any atom is -0.396 e. The average molecular weight is 453 g/mol. The van der Waals surface area contributed by atoms with Crippen molar-refractivity contribution in [2.75, 3.05) is 12.4 Å². The van der Waals surface area contributed by atoms with Crippen molar-refractivity contribution >= 4 is 39.9 Å². The van der Waals surface area contributed by atoms with E-state index in [9.17, 15) is 5.11 Å². The molecule has 172 valence electrons. The molecule has 0 bridgehead atoms. The summed E-state index contributed by atoms with van der Waals surface area (Å²) in [6, 6.07) is 8.32. The van der Waals surface area contributed by atoms with Crippen molar-refractivity contribution in [3.63, 3.8) is 0 Å². The van der Waals surface area contributed by atoms with Crippen LogP contribution in [0.4, 0.5) is 0 Å². The Morgan fingerprint density at radius 3 is 2.16 bits per heavy atom. The number of benzene rings is 2. The second kappa shape index (κ2) is 12.6. The van der Waals surface area contributed by atoms with E-state index in [1.54, 1.807) is 12.4 Å². The van der Waals surface area contributed by atoms with Gasteiger partial charge < -0.3 is 9.29 Å². The van der Waals surface area contributed by atoms with Crippen LogP contribution in [-0.2, 0) is 4.18 Å². The third-order valence-electron chi connectivity index (χ3n) is 5.68. The van der Waals surface area contributed by atoms with Crippen molar-refractivity contribution in [1.29, 1.82) is 0 Å². The molecule has 0 fully saturated rings. The van der Waals surface area contributed by atoms with E-state index in [1.807, 2.05) is 47.6 Å². The number of hydrogen-bond donors (Lipinski definition) is 1. The Kier molecular flexibility index (Phi) is 10.9. The van der Waals surface area contributed by atoms with Crippen molar-refractivity contribution < 1.29 is 9.29 Å². The normalized spacial score (nSPS) is 11.7. The lowest BCUT2D eigenvalue weighted by Crippen LogP contribution is -2.42. The first-order valence-corrected chi connectivity index (χ1v) is 11.7. The lowest BCUT2D eigenvalue weighted by Gasteiger charge is -2.38. The highest BCUT2D eigenvalue weighted by atomic mass is 32.2. The lowest BCUT2D eigenvalue weighted by atomic mass is 9.78. The van der Waals surface area contributed by atoms with Crippen LogP contribution in [0.3, 0.4) is 0 Å². The molecule has 0 aliphatic carbocycles. The van der Waals surface area contributed by atoms with Crippen LogP contribution in [0.25, 0.3) is 27.9 Å². The highest BCUT2D eigenvalue weighted by Crippen LogP contribution is 2.36. The summed E-state index contributed by atoms with van der Waals surface area (Å²) in [6.07, 6.45) is 15.7. The third kappa shape index (κ3) is 6.10. The summed E-state index contributed by atoms with van der Waals surface area (Å²) >= 11 is 1.40. The van der Waals surface area contributed by atoms with Gasteiger partial charge in [0, 0.05) is 34.5 Å². The van der Waals surface area contributed by atoms with Gasteiger partial charge in [0.2, 0.25) is 0 Å². The molecule has 0 saturated carbocycles. The molecule has 5 heteroatoms. The van der Waals surface area contributed by atoms with Gasteiger partial charge in [0.25, 0.3) is 0 Å². The smallest absolute Gasteiger partial charge is 0.0971 e. The summed E-state index contributed by atoms with van der Waals surface area (Å²) in [5.74, 6) is 0.707. The van der Waals surface area contributed by atoms with E-state index in [0.29, 0.717) is 5.75 Å². The quantitative estimate of drug-likeness (QED) is 0.184. The van der Waals surface area contributed by atoms with Crippen LogP contribution in [0, 0.1) is 25.2 Å². The summed E-state index contributed by atoms with van der Waals surface area (Å²) in [5, 5.41) is 11.9. The minimum absolute atomic E-state index is 0.0807. The van der Waals surface area contributed by atoms with Gasteiger partial charge in [-0.2, -0.15) is 0 Å². The molecule has 3 aromatic rings. The Bertz CT molecular complexity index is 1060. The zero-order valence-electron chi connectivity index (χ0n) is 20.3. The Morgan fingerprint density at radius 2 is 1.56 bits per heavy atom. The van der Waals surface area contributed by atoms with E-state index in [1.165, 1.54) is 23.0 Å². The van der Waals surface area contributed by atoms with E-state index >= 15 is 0 Å². The van der Waals surface area contributed by atoms with E-state index in [-0.39, 0.29) is 12.0 Å². The van der Waals surface area contributed by atoms with E-state index in [2.05, 4.69) is 60.1 Å². The van der Waals surface area contributed by atoms with Crippen LogP contribution in [-0.4, -0.2) is 33.0 Å². The number of aromatic nitrogens is 2. The number of hydrogen-bond acceptors (Lipinski definition) is 5. The van der Waals surface area contributed by atoms with Crippen LogP contribution in [0.5, 0.6) is 0 Å². The minimum atomic E-state index is -0.433. The van der Waals surface area contributed by atoms with E-state index < -0.39 is 5.60 Å². The van der Waals surface area contributed by atoms with Crippen molar-refractivity contribution in [2.45, 2.75) is 54.1 Å². The van der Waals surface area contributed by atoms with Crippen LogP contribution in [0.15, 0.2) is 42.7 Å². The highest BCUT2D eigenvalue weighted by molar-refractivity contribution is 7.94. The summed E-state index contributed by atoms with van der Waals surface area (Å²) < 4.78 is 5.99. The van der Waals surface area contributed by atoms with Crippen molar-refractivity contribution in [3.8, 4) is 12.8 Å². The zero-order chi connectivity index (χ0) is 24.4. The standard InChI is InChI=1S/C23H28N2O2S.C2H6.C2H2/c1-16-17-9-6-7-10-19(17)21-20(24-12-13-25-21)18(16)11-8-14-28-27-23(4,5)22(2,3)15-26;2*1-2/h6-13,26H,14-15H2,1-5H3;1-2H3;1-2H/b11-8-;;. The van der Waals surface area contributed by atoms with Gasteiger partial charge in [0.15, 0.2) is 0 Å². The Labute approximate surface area is 197 Å². The predicted molar refractivity (Wildman–Crippen MR) is 141 cm³/mol. The maximum absolute atomic E-state index is 9.58. The molecule has 1 N–H and O–H groups in total. The molecular weight excluding hydrogens is 416 g/mol. The largest absolute Gasteiger partial charge is 0.396 e. The second-order valence-corrected chi connectivity index (χ2v) is 8.90. The van der Waals surface area contributed by atoms with Crippen LogP contribution >= 0.6 is 12.0 Å². The van der Waals surface area contributed by atoms with Gasteiger partial charge in [-0.1, -0.05) is 64.1 Å². The zero-order valence-corrected chi connectivity index (χ0v) is 21.2. The van der Waals surface area contributed by atoms with Gasteiger partial charge in [-0.25, -0.2) is 0 Å². The molecule has 4 nitrogen and oxygen atoms in total. The van der Waals surface area contributed by atoms with Gasteiger partial charge in [0.05, 0.1) is 23.2 Å². The first-order chi connectivity index (χ1) is 15.3. The summed E-state index contributed by atoms with van der Waals surface area (Å²) in [5.41, 5.74) is 3.40. The molecule has 0 radical (unpaired) electrons. The molecule has 3 rings (SSSR count). The molecule has 0 atom stereocenters. The topological polar surface area (TPSA) is 55.2 Å². The van der Waals surface area contributed by atoms with Gasteiger partial charge in [0.1, 0.15) is 0 Å². The van der Waals surface area contributed by atoms with E-state index in [4.69, 9.17) is 4.18 Å². The number of rotatable bonds is 7. The molecule has 0 aliphatic heterocycles. The maximum Gasteiger partial charge on any atom is 0.0971 e. The van der Waals surface area contributed by atoms with E-state index in [0.717, 1.165) is 22.0 Å². The molecule has 0 spiro atoms. The van der Waals surface area contributed by atoms with Gasteiger partial charge in [-0.3, -0.25) is 9.97 Å². The maximum atomic E-state index is 9.58. The number of terminal acetylenes is 1. The number of fused-ring (bicyclic) bond motifs is 3. The molecule has 32 heavy (non-hydrogen) atoms. The van der Waals surface area contributed by atoms with Gasteiger partial charge >= 0.3 is 0 Å². The first-order valence-electron chi connectivity index (χ1n) is 10.8. The number of aryl methyl sites for hydroxylation is 1. The SMILES string of the molecule is C#C.CC.Cc1c(/C=C\CSOC(C)(C)C(C)(C)CO)c2nccnc2c2ccccc12. The average Bonchev–Trinajstić information content (AvgIpc) is 2.83. The fourth-order valence-electron chi connectivity index (χ4n) is 2.97.